The molecule has 0 fully saturated rings. The molecule has 0 saturated carbocycles. The van der Waals surface area contributed by atoms with Crippen LogP contribution in [0.3, 0.4) is 0 Å². The van der Waals surface area contributed by atoms with Crippen LogP contribution in [-0.2, 0) is 43.5 Å². The summed E-state index contributed by atoms with van der Waals surface area (Å²) in [6, 6.07) is 29.9. The third kappa shape index (κ3) is 9.66. The van der Waals surface area contributed by atoms with Crippen molar-refractivity contribution in [2.45, 2.75) is 43.5 Å². The summed E-state index contributed by atoms with van der Waals surface area (Å²) in [4.78, 5) is 0. The number of benzene rings is 8. The molecule has 0 bridgehead atoms. The van der Waals surface area contributed by atoms with E-state index in [4.69, 9.17) is 0 Å². The number of rotatable bonds is 8. The SMILES string of the molecule is FC(F)(F)c1cccc([Si](c2cccc(C(F)(F)F)c2)(c2cccc(C(F)(F)F)c2)c2ccc3c(c2)Cc2cc([Si](c4cccc(C(F)(F)F)c4)(c4cccc(C(F)(F)F)c4)c4cccc(C(F)(F)F)c4)ccc2-3)c1. The highest BCUT2D eigenvalue weighted by atomic mass is 28.3. The fourth-order valence-corrected chi connectivity index (χ4v) is 20.0. The van der Waals surface area contributed by atoms with Gasteiger partial charge in [-0.15, -0.1) is 0 Å². The summed E-state index contributed by atoms with van der Waals surface area (Å²) in [6.07, 6.45) is -30.4. The monoisotopic (exact) mass is 1090 g/mol. The minimum Gasteiger partial charge on any atom is -0.166 e. The standard InChI is InChI=1S/C55H32F18Si2/c56-50(57,58)34-7-1-13-40(26-34)74(41-14-2-8-35(27-41)51(59,60)61,42-15-3-9-36(28-42)52(62,63)64)46-19-21-48-32(24-46)23-33-25-47(20-22-49(33)48)75(43-16-4-10-37(29-43)53(65,66)67,44-17-5-11-38(30-44)54(68,69)70)45-18-6-12-39(31-45)55(71,72)73/h1-22,24-31H,23H2. The fraction of sp³-hybridized carbons (Fsp3) is 0.127. The van der Waals surface area contributed by atoms with Gasteiger partial charge in [0, 0.05) is 0 Å². The average molecular weight is 1090 g/mol. The molecule has 1 aliphatic rings. The minimum absolute atomic E-state index is 0.0212. The van der Waals surface area contributed by atoms with Gasteiger partial charge in [-0.1, -0.05) is 146 Å². The quantitative estimate of drug-likeness (QED) is 0.0808. The van der Waals surface area contributed by atoms with E-state index in [9.17, 15) is 79.0 Å². The lowest BCUT2D eigenvalue weighted by Gasteiger charge is -2.36. The molecule has 0 spiro atoms. The summed E-state index contributed by atoms with van der Waals surface area (Å²) >= 11 is 0. The Kier molecular flexibility index (Phi) is 12.9. The van der Waals surface area contributed by atoms with Crippen molar-refractivity contribution in [3.63, 3.8) is 0 Å². The predicted molar refractivity (Wildman–Crippen MR) is 252 cm³/mol. The van der Waals surface area contributed by atoms with E-state index >= 15 is 0 Å². The Bertz CT molecular complexity index is 2960. The van der Waals surface area contributed by atoms with Crippen molar-refractivity contribution in [1.82, 2.24) is 0 Å². The Morgan fingerprint density at radius 2 is 0.413 bits per heavy atom. The Morgan fingerprint density at radius 3 is 0.600 bits per heavy atom. The Hall–Kier alpha value is -7.07. The van der Waals surface area contributed by atoms with Crippen LogP contribution in [0.4, 0.5) is 79.0 Å². The van der Waals surface area contributed by atoms with Gasteiger partial charge in [-0.2, -0.15) is 79.0 Å². The first kappa shape index (κ1) is 52.8. The number of hydrogen-bond acceptors (Lipinski definition) is 0. The summed E-state index contributed by atoms with van der Waals surface area (Å²) < 4.78 is 262. The molecule has 386 valence electrons. The van der Waals surface area contributed by atoms with E-state index in [1.54, 1.807) is 0 Å². The second kappa shape index (κ2) is 18.3. The first-order valence-electron chi connectivity index (χ1n) is 22.3. The summed E-state index contributed by atoms with van der Waals surface area (Å²) in [5, 5.41) is -1.50. The molecule has 9 rings (SSSR count). The van der Waals surface area contributed by atoms with Crippen LogP contribution in [0.1, 0.15) is 44.5 Å². The van der Waals surface area contributed by atoms with Gasteiger partial charge in [-0.25, -0.2) is 0 Å². The molecule has 0 aromatic heterocycles. The van der Waals surface area contributed by atoms with Gasteiger partial charge in [0.1, 0.15) is 0 Å². The lowest BCUT2D eigenvalue weighted by molar-refractivity contribution is -0.138. The maximum atomic E-state index is 14.6. The number of alkyl halides is 18. The molecule has 20 heteroatoms. The van der Waals surface area contributed by atoms with Crippen molar-refractivity contribution >= 4 is 57.6 Å². The van der Waals surface area contributed by atoms with Crippen molar-refractivity contribution in [1.29, 1.82) is 0 Å². The molecular formula is C55H32F18Si2. The normalized spacial score (nSPS) is 13.7. The van der Waals surface area contributed by atoms with E-state index in [1.165, 1.54) is 72.8 Å². The van der Waals surface area contributed by atoms with Crippen LogP contribution in [0.2, 0.25) is 0 Å². The van der Waals surface area contributed by atoms with Gasteiger partial charge in [-0.3, -0.25) is 0 Å². The first-order valence-corrected chi connectivity index (χ1v) is 26.3. The molecule has 75 heavy (non-hydrogen) atoms. The van der Waals surface area contributed by atoms with Gasteiger partial charge in [-0.05, 0) is 107 Å². The second-order valence-electron chi connectivity index (χ2n) is 17.9. The number of halogens is 18. The van der Waals surface area contributed by atoms with Crippen molar-refractivity contribution < 1.29 is 79.0 Å². The lowest BCUT2D eigenvalue weighted by Crippen LogP contribution is -2.75. The molecule has 0 N–H and O–H groups in total. The van der Waals surface area contributed by atoms with Crippen molar-refractivity contribution in [3.05, 3.63) is 226 Å². The zero-order valence-corrected chi connectivity index (χ0v) is 39.8. The molecule has 0 saturated heterocycles. The van der Waals surface area contributed by atoms with Gasteiger partial charge in [0.25, 0.3) is 0 Å². The summed E-state index contributed by atoms with van der Waals surface area (Å²) in [7, 11) is -9.56. The third-order valence-electron chi connectivity index (χ3n) is 13.5. The van der Waals surface area contributed by atoms with Crippen LogP contribution >= 0.6 is 0 Å². The molecule has 0 radical (unpaired) electrons. The Balaban J connectivity index is 1.33. The highest BCUT2D eigenvalue weighted by Crippen LogP contribution is 2.39. The molecule has 8 aromatic rings. The van der Waals surface area contributed by atoms with Crippen molar-refractivity contribution in [2.24, 2.45) is 0 Å². The third-order valence-corrected chi connectivity index (χ3v) is 22.9. The Morgan fingerprint density at radius 1 is 0.227 bits per heavy atom. The topological polar surface area (TPSA) is 0 Å². The molecule has 8 aromatic carbocycles. The van der Waals surface area contributed by atoms with Crippen LogP contribution in [0, 0.1) is 0 Å². The molecule has 0 atom stereocenters. The molecule has 0 nitrogen and oxygen atoms in total. The lowest BCUT2D eigenvalue weighted by atomic mass is 10.1. The minimum atomic E-state index is -5.04. The summed E-state index contributed by atoms with van der Waals surface area (Å²) in [6.45, 7) is 0. The maximum absolute atomic E-state index is 14.6. The van der Waals surface area contributed by atoms with Gasteiger partial charge in [0.05, 0.1) is 33.4 Å². The maximum Gasteiger partial charge on any atom is 0.416 e. The highest BCUT2D eigenvalue weighted by Gasteiger charge is 2.49. The van der Waals surface area contributed by atoms with Crippen LogP contribution < -0.4 is 41.5 Å². The van der Waals surface area contributed by atoms with E-state index in [2.05, 4.69) is 0 Å². The van der Waals surface area contributed by atoms with E-state index in [1.807, 2.05) is 0 Å². The van der Waals surface area contributed by atoms with E-state index in [0.29, 0.717) is 95.1 Å². The molecule has 0 aliphatic heterocycles. The average Bonchev–Trinajstić information content (AvgIpc) is 3.71. The second-order valence-corrected chi connectivity index (χ2v) is 25.5. The van der Waals surface area contributed by atoms with Crippen LogP contribution in [0.5, 0.6) is 0 Å². The van der Waals surface area contributed by atoms with E-state index in [-0.39, 0.29) is 47.9 Å². The molecule has 0 unspecified atom stereocenters. The predicted octanol–water partition coefficient (Wildman–Crippen LogP) is 12.1. The molecule has 0 amide bonds. The summed E-state index contributed by atoms with van der Waals surface area (Å²) in [5.74, 6) is 0. The Labute approximate surface area is 416 Å². The van der Waals surface area contributed by atoms with Crippen molar-refractivity contribution in [3.8, 4) is 11.1 Å². The molecule has 0 heterocycles. The highest BCUT2D eigenvalue weighted by molar-refractivity contribution is 7.20. The smallest absolute Gasteiger partial charge is 0.166 e. The zero-order valence-electron chi connectivity index (χ0n) is 37.8. The fourth-order valence-electron chi connectivity index (χ4n) is 10.2. The van der Waals surface area contributed by atoms with Gasteiger partial charge < -0.3 is 0 Å². The van der Waals surface area contributed by atoms with Gasteiger partial charge >= 0.3 is 37.1 Å². The van der Waals surface area contributed by atoms with Crippen LogP contribution in [0.15, 0.2) is 182 Å². The van der Waals surface area contributed by atoms with Gasteiger partial charge in [0.15, 0.2) is 16.1 Å². The van der Waals surface area contributed by atoms with E-state index < -0.39 is 86.6 Å². The molecule has 1 aliphatic carbocycles. The van der Waals surface area contributed by atoms with Gasteiger partial charge in [0.2, 0.25) is 0 Å². The van der Waals surface area contributed by atoms with Crippen LogP contribution in [-0.4, -0.2) is 16.1 Å². The largest absolute Gasteiger partial charge is 0.416 e. The van der Waals surface area contributed by atoms with Crippen LogP contribution in [0.25, 0.3) is 11.1 Å². The number of fused-ring (bicyclic) bond motifs is 3. The number of hydrogen-bond donors (Lipinski definition) is 0. The van der Waals surface area contributed by atoms with Crippen molar-refractivity contribution in [2.75, 3.05) is 0 Å². The summed E-state index contributed by atoms with van der Waals surface area (Å²) in [5.41, 5.74) is -6.16. The molecular weight excluding hydrogens is 1060 g/mol. The van der Waals surface area contributed by atoms with E-state index in [0.717, 1.165) is 36.4 Å². The first-order chi connectivity index (χ1) is 34.9. The zero-order chi connectivity index (χ0) is 54.3.